The van der Waals surface area contributed by atoms with Crippen LogP contribution in [0.25, 0.3) is 0 Å². The molecule has 0 unspecified atom stereocenters. The van der Waals surface area contributed by atoms with Crippen LogP contribution in [0.5, 0.6) is 11.5 Å². The maximum atomic E-state index is 9.29. The molecule has 6 nitrogen and oxygen atoms in total. The summed E-state index contributed by atoms with van der Waals surface area (Å²) in [6.45, 7) is 1.25. The van der Waals surface area contributed by atoms with Crippen molar-refractivity contribution >= 4 is 11.5 Å². The lowest BCUT2D eigenvalue weighted by Gasteiger charge is -2.21. The van der Waals surface area contributed by atoms with Gasteiger partial charge in [-0.2, -0.15) is 5.26 Å². The molecule has 2 aromatic rings. The van der Waals surface area contributed by atoms with E-state index in [1.54, 1.807) is 20.4 Å². The van der Waals surface area contributed by atoms with Crippen molar-refractivity contribution in [2.45, 2.75) is 13.1 Å². The Morgan fingerprint density at radius 2 is 2.09 bits per heavy atom. The van der Waals surface area contributed by atoms with Crippen LogP contribution in [0.15, 0.2) is 24.4 Å². The molecule has 1 aliphatic heterocycles. The van der Waals surface area contributed by atoms with Crippen LogP contribution >= 0.6 is 0 Å². The molecular formula is C16H16N4O2. The molecular weight excluding hydrogens is 280 g/mol. The Balaban J connectivity index is 2.02. The number of rotatable bonds is 3. The first-order chi connectivity index (χ1) is 10.7. The number of hydrogen-bond donors (Lipinski definition) is 1. The zero-order valence-corrected chi connectivity index (χ0v) is 12.5. The number of nitrogens with zero attached hydrogens (tertiary/aromatic N) is 3. The fraction of sp³-hybridized carbons (Fsp3) is 0.250. The molecule has 2 heterocycles. The quantitative estimate of drug-likeness (QED) is 0.933. The van der Waals surface area contributed by atoms with E-state index in [4.69, 9.17) is 15.2 Å². The molecule has 3 rings (SSSR count). The van der Waals surface area contributed by atoms with Crippen molar-refractivity contribution in [3.63, 3.8) is 0 Å². The first-order valence-electron chi connectivity index (χ1n) is 6.81. The number of fused-ring (bicyclic) bond motifs is 1. The fourth-order valence-corrected chi connectivity index (χ4v) is 2.71. The van der Waals surface area contributed by atoms with Crippen LogP contribution in [0.2, 0.25) is 0 Å². The zero-order chi connectivity index (χ0) is 15.7. The van der Waals surface area contributed by atoms with Crippen LogP contribution in [0, 0.1) is 11.3 Å². The van der Waals surface area contributed by atoms with E-state index in [1.807, 2.05) is 18.2 Å². The van der Waals surface area contributed by atoms with Gasteiger partial charge in [-0.3, -0.25) is 0 Å². The van der Waals surface area contributed by atoms with E-state index in [0.29, 0.717) is 18.7 Å². The predicted octanol–water partition coefficient (Wildman–Crippen LogP) is 2.07. The number of aromatic nitrogens is 1. The Morgan fingerprint density at radius 1 is 1.27 bits per heavy atom. The third kappa shape index (κ3) is 2.17. The van der Waals surface area contributed by atoms with Crippen molar-refractivity contribution in [2.24, 2.45) is 0 Å². The number of nitrogens with two attached hydrogens (primary N) is 1. The monoisotopic (exact) mass is 296 g/mol. The molecule has 0 atom stereocenters. The highest BCUT2D eigenvalue weighted by Gasteiger charge is 2.26. The van der Waals surface area contributed by atoms with Crippen molar-refractivity contribution < 1.29 is 9.47 Å². The van der Waals surface area contributed by atoms with Gasteiger partial charge in [0.1, 0.15) is 23.4 Å². The maximum Gasteiger partial charge on any atom is 0.142 e. The van der Waals surface area contributed by atoms with Gasteiger partial charge in [-0.25, -0.2) is 4.98 Å². The van der Waals surface area contributed by atoms with Crippen LogP contribution in [0.3, 0.4) is 0 Å². The minimum absolute atomic E-state index is 0.278. The predicted molar refractivity (Wildman–Crippen MR) is 82.8 cm³/mol. The number of hydrogen-bond acceptors (Lipinski definition) is 6. The standard InChI is InChI=1S/C16H16N4O2/c1-21-11-3-4-15(22-2)14(5-11)20-8-10-7-19-16(18)12(6-17)13(10)9-20/h3-5,7H,8-9H2,1-2H3,(H2,18,19). The summed E-state index contributed by atoms with van der Waals surface area (Å²) in [5, 5.41) is 9.29. The molecule has 1 aromatic heterocycles. The summed E-state index contributed by atoms with van der Waals surface area (Å²) in [6.07, 6.45) is 1.73. The van der Waals surface area contributed by atoms with Crippen molar-refractivity contribution in [3.05, 3.63) is 41.1 Å². The Hall–Kier alpha value is -2.94. The molecule has 1 aliphatic rings. The SMILES string of the molecule is COc1ccc(OC)c(N2Cc3cnc(N)c(C#N)c3C2)c1. The summed E-state index contributed by atoms with van der Waals surface area (Å²) in [4.78, 5) is 6.22. The minimum Gasteiger partial charge on any atom is -0.497 e. The minimum atomic E-state index is 0.278. The molecule has 0 saturated heterocycles. The molecule has 0 spiro atoms. The molecule has 2 N–H and O–H groups in total. The molecule has 0 amide bonds. The van der Waals surface area contributed by atoms with E-state index in [9.17, 15) is 5.26 Å². The Bertz CT molecular complexity index is 767. The van der Waals surface area contributed by atoms with E-state index < -0.39 is 0 Å². The number of nitrogen functional groups attached to an aromatic ring is 1. The molecule has 6 heteroatoms. The Morgan fingerprint density at radius 3 is 2.77 bits per heavy atom. The number of ether oxygens (including phenoxy) is 2. The van der Waals surface area contributed by atoms with Gasteiger partial charge in [0.2, 0.25) is 0 Å². The van der Waals surface area contributed by atoms with Gasteiger partial charge in [-0.05, 0) is 23.3 Å². The second-order valence-electron chi connectivity index (χ2n) is 5.03. The lowest BCUT2D eigenvalue weighted by molar-refractivity contribution is 0.403. The highest BCUT2D eigenvalue weighted by molar-refractivity contribution is 5.66. The molecule has 22 heavy (non-hydrogen) atoms. The first kappa shape index (κ1) is 14.0. The first-order valence-corrected chi connectivity index (χ1v) is 6.81. The van der Waals surface area contributed by atoms with Crippen molar-refractivity contribution in [3.8, 4) is 17.6 Å². The van der Waals surface area contributed by atoms with Gasteiger partial charge in [0.05, 0.1) is 25.5 Å². The average molecular weight is 296 g/mol. The van der Waals surface area contributed by atoms with Gasteiger partial charge in [0.25, 0.3) is 0 Å². The van der Waals surface area contributed by atoms with Crippen molar-refractivity contribution in [2.75, 3.05) is 24.9 Å². The van der Waals surface area contributed by atoms with Crippen LogP contribution < -0.4 is 20.1 Å². The summed E-state index contributed by atoms with van der Waals surface area (Å²) in [7, 11) is 3.26. The number of nitriles is 1. The third-order valence-corrected chi connectivity index (χ3v) is 3.85. The van der Waals surface area contributed by atoms with Crippen molar-refractivity contribution in [1.82, 2.24) is 4.98 Å². The Kier molecular flexibility index (Phi) is 3.47. The summed E-state index contributed by atoms with van der Waals surface area (Å²) >= 11 is 0. The van der Waals surface area contributed by atoms with E-state index in [0.717, 1.165) is 28.3 Å². The average Bonchev–Trinajstić information content (AvgIpc) is 2.98. The number of pyridine rings is 1. The highest BCUT2D eigenvalue weighted by atomic mass is 16.5. The van der Waals surface area contributed by atoms with E-state index >= 15 is 0 Å². The topological polar surface area (TPSA) is 84.4 Å². The molecule has 112 valence electrons. The largest absolute Gasteiger partial charge is 0.497 e. The molecule has 1 aromatic carbocycles. The van der Waals surface area contributed by atoms with E-state index in [-0.39, 0.29) is 5.82 Å². The van der Waals surface area contributed by atoms with Crippen LogP contribution in [-0.2, 0) is 13.1 Å². The fourth-order valence-electron chi connectivity index (χ4n) is 2.71. The van der Waals surface area contributed by atoms with Gasteiger partial charge in [-0.15, -0.1) is 0 Å². The van der Waals surface area contributed by atoms with Crippen molar-refractivity contribution in [1.29, 1.82) is 5.26 Å². The van der Waals surface area contributed by atoms with Gasteiger partial charge in [-0.1, -0.05) is 0 Å². The summed E-state index contributed by atoms with van der Waals surface area (Å²) in [5.41, 5.74) is 9.11. The van der Waals surface area contributed by atoms with Gasteiger partial charge in [0, 0.05) is 25.4 Å². The molecule has 0 radical (unpaired) electrons. The highest BCUT2D eigenvalue weighted by Crippen LogP contribution is 2.38. The Labute approximate surface area is 128 Å². The smallest absolute Gasteiger partial charge is 0.142 e. The van der Waals surface area contributed by atoms with Gasteiger partial charge >= 0.3 is 0 Å². The van der Waals surface area contributed by atoms with E-state index in [1.165, 1.54) is 0 Å². The molecule has 0 saturated carbocycles. The summed E-state index contributed by atoms with van der Waals surface area (Å²) < 4.78 is 10.7. The third-order valence-electron chi connectivity index (χ3n) is 3.85. The van der Waals surface area contributed by atoms with Crippen LogP contribution in [0.4, 0.5) is 11.5 Å². The van der Waals surface area contributed by atoms with Crippen LogP contribution in [-0.4, -0.2) is 19.2 Å². The number of methoxy groups -OCH3 is 2. The van der Waals surface area contributed by atoms with E-state index in [2.05, 4.69) is 16.0 Å². The summed E-state index contributed by atoms with van der Waals surface area (Å²) in [5.74, 6) is 1.79. The summed E-state index contributed by atoms with van der Waals surface area (Å²) in [6, 6.07) is 7.80. The van der Waals surface area contributed by atoms with Gasteiger partial charge < -0.3 is 20.1 Å². The van der Waals surface area contributed by atoms with Crippen LogP contribution in [0.1, 0.15) is 16.7 Å². The normalized spacial score (nSPS) is 12.7. The zero-order valence-electron chi connectivity index (χ0n) is 12.5. The lowest BCUT2D eigenvalue weighted by atomic mass is 10.1. The van der Waals surface area contributed by atoms with Gasteiger partial charge in [0.15, 0.2) is 0 Å². The second-order valence-corrected chi connectivity index (χ2v) is 5.03. The number of anilines is 2. The lowest BCUT2D eigenvalue weighted by Crippen LogP contribution is -2.15. The maximum absolute atomic E-state index is 9.29. The molecule has 0 fully saturated rings. The molecule has 0 aliphatic carbocycles. The second kappa shape index (κ2) is 5.45. The molecule has 0 bridgehead atoms. The number of benzene rings is 1.